The Kier molecular flexibility index (Phi) is 23.4. The molecule has 0 aliphatic heterocycles. The molecule has 0 unspecified atom stereocenters. The highest BCUT2D eigenvalue weighted by Crippen LogP contribution is 2.22. The van der Waals surface area contributed by atoms with Gasteiger partial charge >= 0.3 is 5.97 Å². The number of hydrogen-bond acceptors (Lipinski definition) is 2. The number of carbonyl (C=O) groups is 1. The van der Waals surface area contributed by atoms with Gasteiger partial charge in [0.25, 0.3) is 0 Å². The minimum Gasteiger partial charge on any atom is -0.463 e. The molecule has 0 radical (unpaired) electrons. The van der Waals surface area contributed by atoms with Crippen LogP contribution in [0.3, 0.4) is 0 Å². The number of unbranched alkanes of at least 4 members (excludes halogenated alkanes) is 9. The Labute approximate surface area is 215 Å². The molecule has 34 heavy (non-hydrogen) atoms. The third kappa shape index (κ3) is 24.3. The molecule has 0 aromatic carbocycles. The van der Waals surface area contributed by atoms with Crippen molar-refractivity contribution in [3.8, 4) is 0 Å². The third-order valence-electron chi connectivity index (χ3n) is 7.25. The first-order valence-electron chi connectivity index (χ1n) is 15.2. The number of esters is 1. The Bertz CT molecular complexity index is 479. The normalized spacial score (nSPS) is 13.9. The van der Waals surface area contributed by atoms with Crippen molar-refractivity contribution in [3.63, 3.8) is 0 Å². The van der Waals surface area contributed by atoms with Crippen molar-refractivity contribution < 1.29 is 9.53 Å². The van der Waals surface area contributed by atoms with Crippen LogP contribution in [0.4, 0.5) is 0 Å². The molecule has 0 amide bonds. The van der Waals surface area contributed by atoms with Crippen LogP contribution in [0.5, 0.6) is 0 Å². The minimum atomic E-state index is -0.145. The Morgan fingerprint density at radius 3 is 1.65 bits per heavy atom. The fourth-order valence-electron chi connectivity index (χ4n) is 4.78. The van der Waals surface area contributed by atoms with Gasteiger partial charge in [-0.25, -0.2) is 4.79 Å². The lowest BCUT2D eigenvalue weighted by Crippen LogP contribution is -2.03. The largest absolute Gasteiger partial charge is 0.463 e. The van der Waals surface area contributed by atoms with Crippen molar-refractivity contribution >= 4 is 5.97 Å². The molecule has 0 spiro atoms. The first kappa shape index (κ1) is 33.2. The van der Waals surface area contributed by atoms with Crippen molar-refractivity contribution in [2.45, 2.75) is 164 Å². The van der Waals surface area contributed by atoms with Crippen LogP contribution in [0.2, 0.25) is 0 Å². The number of ether oxygens (including phenoxy) is 1. The average Bonchev–Trinajstić information content (AvgIpc) is 2.77. The number of hydrogen-bond donors (Lipinski definition) is 0. The van der Waals surface area contributed by atoms with E-state index < -0.39 is 0 Å². The van der Waals surface area contributed by atoms with Crippen molar-refractivity contribution in [2.75, 3.05) is 6.61 Å². The maximum atomic E-state index is 12.0. The van der Waals surface area contributed by atoms with Crippen LogP contribution < -0.4 is 0 Å². The predicted molar refractivity (Wildman–Crippen MR) is 151 cm³/mol. The van der Waals surface area contributed by atoms with E-state index in [0.29, 0.717) is 6.61 Å². The molecule has 0 saturated carbocycles. The summed E-state index contributed by atoms with van der Waals surface area (Å²) in [4.78, 5) is 12.0. The van der Waals surface area contributed by atoms with Crippen LogP contribution in [0, 0.1) is 17.8 Å². The fourth-order valence-corrected chi connectivity index (χ4v) is 4.78. The van der Waals surface area contributed by atoms with E-state index in [2.05, 4.69) is 41.5 Å². The van der Waals surface area contributed by atoms with E-state index in [-0.39, 0.29) is 5.97 Å². The summed E-state index contributed by atoms with van der Waals surface area (Å²) in [6.45, 7) is 14.4. The summed E-state index contributed by atoms with van der Waals surface area (Å²) in [5.41, 5.74) is 1.17. The molecule has 0 aromatic rings. The molecule has 0 aliphatic rings. The summed E-state index contributed by atoms with van der Waals surface area (Å²) in [7, 11) is 0. The molecule has 202 valence electrons. The molecule has 0 saturated heterocycles. The van der Waals surface area contributed by atoms with Crippen LogP contribution >= 0.6 is 0 Å². The van der Waals surface area contributed by atoms with Crippen LogP contribution in [0.15, 0.2) is 11.6 Å². The van der Waals surface area contributed by atoms with Crippen molar-refractivity contribution in [2.24, 2.45) is 17.8 Å². The maximum Gasteiger partial charge on any atom is 0.330 e. The van der Waals surface area contributed by atoms with Crippen LogP contribution in [-0.2, 0) is 9.53 Å². The van der Waals surface area contributed by atoms with E-state index in [1.807, 2.05) is 0 Å². The molecular formula is C32H62O2. The molecule has 0 aromatic heterocycles. The van der Waals surface area contributed by atoms with E-state index >= 15 is 0 Å². The van der Waals surface area contributed by atoms with E-state index in [9.17, 15) is 4.79 Å². The zero-order chi connectivity index (χ0) is 25.4. The lowest BCUT2D eigenvalue weighted by atomic mass is 9.91. The highest BCUT2D eigenvalue weighted by Gasteiger charge is 2.07. The maximum absolute atomic E-state index is 12.0. The van der Waals surface area contributed by atoms with Gasteiger partial charge in [0.1, 0.15) is 0 Å². The topological polar surface area (TPSA) is 26.3 Å². The average molecular weight is 479 g/mol. The Morgan fingerprint density at radius 2 is 1.12 bits per heavy atom. The second-order valence-electron chi connectivity index (χ2n) is 11.7. The molecule has 0 aliphatic carbocycles. The molecule has 2 atom stereocenters. The van der Waals surface area contributed by atoms with E-state index in [1.165, 1.54) is 115 Å². The van der Waals surface area contributed by atoms with Gasteiger partial charge in [-0.1, -0.05) is 143 Å². The third-order valence-corrected chi connectivity index (χ3v) is 7.25. The standard InChI is InChI=1S/C32H62O2/c1-7-8-9-10-11-12-13-14-15-16-26-34-32(33)27-31(6)25-19-24-30(5)23-18-22-29(4)21-17-20-28(2)3/h27-30H,7-26H2,1-6H3/b31-27+/t29-,30-/m1/s1. The monoisotopic (exact) mass is 478 g/mol. The van der Waals surface area contributed by atoms with E-state index in [4.69, 9.17) is 4.74 Å². The molecule has 0 bridgehead atoms. The highest BCUT2D eigenvalue weighted by atomic mass is 16.5. The van der Waals surface area contributed by atoms with Gasteiger partial charge < -0.3 is 4.74 Å². The van der Waals surface area contributed by atoms with Gasteiger partial charge in [-0.3, -0.25) is 0 Å². The molecule has 0 rings (SSSR count). The predicted octanol–water partition coefficient (Wildman–Crippen LogP) is 10.8. The summed E-state index contributed by atoms with van der Waals surface area (Å²) in [6.07, 6.45) is 26.5. The van der Waals surface area contributed by atoms with Gasteiger partial charge in [-0.2, -0.15) is 0 Å². The number of allylic oxidation sites excluding steroid dienone is 1. The van der Waals surface area contributed by atoms with Gasteiger partial charge in [0.2, 0.25) is 0 Å². The Balaban J connectivity index is 3.63. The summed E-state index contributed by atoms with van der Waals surface area (Å²) in [5.74, 6) is 2.37. The minimum absolute atomic E-state index is 0.145. The molecular weight excluding hydrogens is 416 g/mol. The molecule has 2 heteroatoms. The molecule has 0 fully saturated rings. The second-order valence-corrected chi connectivity index (χ2v) is 11.7. The first-order chi connectivity index (χ1) is 16.3. The van der Waals surface area contributed by atoms with Crippen molar-refractivity contribution in [3.05, 3.63) is 11.6 Å². The number of rotatable bonds is 24. The highest BCUT2D eigenvalue weighted by molar-refractivity contribution is 5.82. The first-order valence-corrected chi connectivity index (χ1v) is 15.2. The van der Waals surface area contributed by atoms with Gasteiger partial charge in [0, 0.05) is 6.08 Å². The van der Waals surface area contributed by atoms with Gasteiger partial charge in [0.15, 0.2) is 0 Å². The summed E-state index contributed by atoms with van der Waals surface area (Å²) >= 11 is 0. The lowest BCUT2D eigenvalue weighted by Gasteiger charge is -2.15. The smallest absolute Gasteiger partial charge is 0.330 e. The zero-order valence-electron chi connectivity index (χ0n) is 24.3. The molecule has 0 heterocycles. The summed E-state index contributed by atoms with van der Waals surface area (Å²) in [5, 5.41) is 0. The van der Waals surface area contributed by atoms with E-state index in [0.717, 1.165) is 30.6 Å². The van der Waals surface area contributed by atoms with Crippen molar-refractivity contribution in [1.82, 2.24) is 0 Å². The quantitative estimate of drug-likeness (QED) is 0.0783. The van der Waals surface area contributed by atoms with Crippen LogP contribution in [-0.4, -0.2) is 12.6 Å². The Morgan fingerprint density at radius 1 is 0.647 bits per heavy atom. The number of carbonyl (C=O) groups excluding carboxylic acids is 1. The molecule has 0 N–H and O–H groups in total. The Hall–Kier alpha value is -0.790. The van der Waals surface area contributed by atoms with Crippen LogP contribution in [0.1, 0.15) is 164 Å². The second kappa shape index (κ2) is 23.9. The van der Waals surface area contributed by atoms with Gasteiger partial charge in [0.05, 0.1) is 6.61 Å². The SMILES string of the molecule is CCCCCCCCCCCCOC(=O)/C=C(\C)CCC[C@H](C)CCC[C@H](C)CCCC(C)C. The van der Waals surface area contributed by atoms with E-state index in [1.54, 1.807) is 6.08 Å². The van der Waals surface area contributed by atoms with Crippen molar-refractivity contribution in [1.29, 1.82) is 0 Å². The summed E-state index contributed by atoms with van der Waals surface area (Å²) in [6, 6.07) is 0. The fraction of sp³-hybridized carbons (Fsp3) is 0.906. The summed E-state index contributed by atoms with van der Waals surface area (Å²) < 4.78 is 5.41. The zero-order valence-corrected chi connectivity index (χ0v) is 24.3. The molecule has 2 nitrogen and oxygen atoms in total. The lowest BCUT2D eigenvalue weighted by molar-refractivity contribution is -0.137. The van der Waals surface area contributed by atoms with Gasteiger partial charge in [-0.05, 0) is 43.9 Å². The van der Waals surface area contributed by atoms with Gasteiger partial charge in [-0.15, -0.1) is 0 Å². The van der Waals surface area contributed by atoms with Crippen LogP contribution in [0.25, 0.3) is 0 Å².